The largest absolute Gasteiger partial charge is 0.454 e. The van der Waals surface area contributed by atoms with Gasteiger partial charge in [0.05, 0.1) is 11.5 Å². The van der Waals surface area contributed by atoms with Gasteiger partial charge in [0.15, 0.2) is 11.5 Å². The molecule has 0 saturated heterocycles. The van der Waals surface area contributed by atoms with Crippen molar-refractivity contribution in [3.05, 3.63) is 85.1 Å². The lowest BCUT2D eigenvalue weighted by Crippen LogP contribution is -2.45. The van der Waals surface area contributed by atoms with E-state index in [4.69, 9.17) is 21.1 Å². The summed E-state index contributed by atoms with van der Waals surface area (Å²) >= 11 is 7.44. The minimum Gasteiger partial charge on any atom is -0.454 e. The van der Waals surface area contributed by atoms with Gasteiger partial charge in [-0.05, 0) is 55.1 Å². The summed E-state index contributed by atoms with van der Waals surface area (Å²) in [5.41, 5.74) is 0.591. The molecule has 2 heterocycles. The molecule has 1 aliphatic heterocycles. The van der Waals surface area contributed by atoms with Gasteiger partial charge in [0.2, 0.25) is 12.7 Å². The van der Waals surface area contributed by atoms with E-state index in [0.29, 0.717) is 24.6 Å². The number of carbonyl (C=O) groups excluding carboxylic acids is 2. The van der Waals surface area contributed by atoms with E-state index in [-0.39, 0.29) is 41.6 Å². The number of nitro benzene ring substituents is 1. The van der Waals surface area contributed by atoms with Gasteiger partial charge < -0.3 is 19.3 Å². The molecule has 0 aliphatic carbocycles. The van der Waals surface area contributed by atoms with E-state index in [1.54, 1.807) is 18.7 Å². The SMILES string of the molecule is CC(C)N(CC(=O)N(Cc1ccc2c(c1)OCO2)Cc1cccs1)C(=O)c1ccc(Cl)c([N+](=O)[O-])c1. The van der Waals surface area contributed by atoms with Gasteiger partial charge in [0.25, 0.3) is 11.6 Å². The van der Waals surface area contributed by atoms with Gasteiger partial charge in [0, 0.05) is 29.1 Å². The third-order valence-electron chi connectivity index (χ3n) is 5.67. The highest BCUT2D eigenvalue weighted by atomic mass is 35.5. The predicted molar refractivity (Wildman–Crippen MR) is 135 cm³/mol. The van der Waals surface area contributed by atoms with Crippen LogP contribution in [-0.2, 0) is 17.9 Å². The van der Waals surface area contributed by atoms with E-state index in [1.807, 2.05) is 35.7 Å². The molecule has 2 aromatic carbocycles. The summed E-state index contributed by atoms with van der Waals surface area (Å²) in [4.78, 5) is 41.6. The Labute approximate surface area is 216 Å². The molecule has 3 aromatic rings. The third kappa shape index (κ3) is 5.77. The molecule has 188 valence electrons. The Balaban J connectivity index is 1.56. The van der Waals surface area contributed by atoms with Crippen molar-refractivity contribution < 1.29 is 24.0 Å². The third-order valence-corrected chi connectivity index (χ3v) is 6.85. The number of nitrogens with zero attached hydrogens (tertiary/aromatic N) is 3. The number of benzene rings is 2. The summed E-state index contributed by atoms with van der Waals surface area (Å²) in [7, 11) is 0. The predicted octanol–water partition coefficient (Wildman–Crippen LogP) is 5.12. The van der Waals surface area contributed by atoms with Gasteiger partial charge in [-0.1, -0.05) is 23.7 Å². The van der Waals surface area contributed by atoms with Crippen LogP contribution in [-0.4, -0.2) is 45.9 Å². The molecule has 4 rings (SSSR count). The fourth-order valence-electron chi connectivity index (χ4n) is 3.77. The average Bonchev–Trinajstić information content (AvgIpc) is 3.53. The van der Waals surface area contributed by atoms with Gasteiger partial charge in [-0.15, -0.1) is 11.3 Å². The Kier molecular flexibility index (Phi) is 7.76. The Bertz CT molecular complexity index is 1280. The second-order valence-corrected chi connectivity index (χ2v) is 9.91. The molecule has 0 radical (unpaired) electrons. The average molecular weight is 530 g/mol. The summed E-state index contributed by atoms with van der Waals surface area (Å²) in [5, 5.41) is 13.2. The number of thiophene rings is 1. The maximum Gasteiger partial charge on any atom is 0.288 e. The van der Waals surface area contributed by atoms with Crippen LogP contribution in [0.5, 0.6) is 11.5 Å². The number of hydrogen-bond donors (Lipinski definition) is 0. The van der Waals surface area contributed by atoms with Gasteiger partial charge in [-0.2, -0.15) is 0 Å². The maximum absolute atomic E-state index is 13.5. The molecule has 0 atom stereocenters. The lowest BCUT2D eigenvalue weighted by Gasteiger charge is -2.30. The maximum atomic E-state index is 13.5. The molecule has 1 aliphatic rings. The number of fused-ring (bicyclic) bond motifs is 1. The van der Waals surface area contributed by atoms with Crippen molar-refractivity contribution in [2.24, 2.45) is 0 Å². The van der Waals surface area contributed by atoms with Crippen molar-refractivity contribution in [1.82, 2.24) is 9.80 Å². The first-order valence-corrected chi connectivity index (χ1v) is 12.4. The van der Waals surface area contributed by atoms with Gasteiger partial charge in [-0.25, -0.2) is 0 Å². The quantitative estimate of drug-likeness (QED) is 0.282. The second kappa shape index (κ2) is 11.0. The first-order valence-electron chi connectivity index (χ1n) is 11.2. The monoisotopic (exact) mass is 529 g/mol. The Morgan fingerprint density at radius 1 is 1.11 bits per heavy atom. The summed E-state index contributed by atoms with van der Waals surface area (Å²) in [6.45, 7) is 4.22. The zero-order valence-electron chi connectivity index (χ0n) is 19.7. The molecule has 11 heteroatoms. The van der Waals surface area contributed by atoms with Gasteiger partial charge in [0.1, 0.15) is 11.6 Å². The Hall–Kier alpha value is -3.63. The minimum atomic E-state index is -0.641. The molecule has 1 aromatic heterocycles. The highest BCUT2D eigenvalue weighted by Gasteiger charge is 2.27. The molecule has 0 N–H and O–H groups in total. The van der Waals surface area contributed by atoms with E-state index in [9.17, 15) is 19.7 Å². The van der Waals surface area contributed by atoms with Crippen molar-refractivity contribution in [3.8, 4) is 11.5 Å². The number of hydrogen-bond acceptors (Lipinski definition) is 7. The second-order valence-electron chi connectivity index (χ2n) is 8.47. The number of halogens is 1. The standard InChI is InChI=1S/C25H24ClN3O6S/c1-16(2)28(25(31)18-6-7-20(26)21(11-18)29(32)33)14-24(30)27(13-19-4-3-9-36-19)12-17-5-8-22-23(10-17)35-15-34-22/h3-11,16H,12-15H2,1-2H3. The molecule has 36 heavy (non-hydrogen) atoms. The van der Waals surface area contributed by atoms with Crippen molar-refractivity contribution >= 4 is 40.4 Å². The summed E-state index contributed by atoms with van der Waals surface area (Å²) < 4.78 is 10.8. The Morgan fingerprint density at radius 2 is 1.89 bits per heavy atom. The highest BCUT2D eigenvalue weighted by molar-refractivity contribution is 7.09. The Morgan fingerprint density at radius 3 is 2.58 bits per heavy atom. The number of ether oxygens (including phenoxy) is 2. The van der Waals surface area contributed by atoms with Crippen molar-refractivity contribution in [3.63, 3.8) is 0 Å². The van der Waals surface area contributed by atoms with Crippen LogP contribution in [0.25, 0.3) is 0 Å². The van der Waals surface area contributed by atoms with Crippen LogP contribution >= 0.6 is 22.9 Å². The number of carbonyl (C=O) groups is 2. The number of amides is 2. The zero-order chi connectivity index (χ0) is 25.8. The lowest BCUT2D eigenvalue weighted by molar-refractivity contribution is -0.384. The first-order chi connectivity index (χ1) is 17.2. The van der Waals surface area contributed by atoms with Crippen LogP contribution in [0, 0.1) is 10.1 Å². The normalized spacial score (nSPS) is 12.0. The smallest absolute Gasteiger partial charge is 0.288 e. The van der Waals surface area contributed by atoms with E-state index in [0.717, 1.165) is 16.5 Å². The molecule has 0 unspecified atom stereocenters. The van der Waals surface area contributed by atoms with Crippen molar-refractivity contribution in [1.29, 1.82) is 0 Å². The molecular weight excluding hydrogens is 506 g/mol. The van der Waals surface area contributed by atoms with Crippen LogP contribution in [0.3, 0.4) is 0 Å². The van der Waals surface area contributed by atoms with Crippen molar-refractivity contribution in [2.75, 3.05) is 13.3 Å². The highest BCUT2D eigenvalue weighted by Crippen LogP contribution is 2.33. The first kappa shape index (κ1) is 25.5. The van der Waals surface area contributed by atoms with E-state index < -0.39 is 10.8 Å². The van der Waals surface area contributed by atoms with Crippen LogP contribution in [0.4, 0.5) is 5.69 Å². The fraction of sp³-hybridized carbons (Fsp3) is 0.280. The molecule has 0 bridgehead atoms. The molecule has 9 nitrogen and oxygen atoms in total. The summed E-state index contributed by atoms with van der Waals surface area (Å²) in [6.07, 6.45) is 0. The van der Waals surface area contributed by atoms with Crippen LogP contribution in [0.1, 0.15) is 34.6 Å². The molecule has 0 fully saturated rings. The number of nitro groups is 1. The van der Waals surface area contributed by atoms with Crippen LogP contribution in [0.15, 0.2) is 53.9 Å². The van der Waals surface area contributed by atoms with Gasteiger partial charge in [-0.3, -0.25) is 19.7 Å². The lowest BCUT2D eigenvalue weighted by atomic mass is 10.1. The molecule has 2 amide bonds. The van der Waals surface area contributed by atoms with Gasteiger partial charge >= 0.3 is 0 Å². The number of rotatable bonds is 9. The summed E-state index contributed by atoms with van der Waals surface area (Å²) in [6, 6.07) is 12.9. The molecule has 0 spiro atoms. The van der Waals surface area contributed by atoms with E-state index in [2.05, 4.69) is 0 Å². The summed E-state index contributed by atoms with van der Waals surface area (Å²) in [5.74, 6) is 0.534. The fourth-order valence-corrected chi connectivity index (χ4v) is 4.67. The van der Waals surface area contributed by atoms with Crippen LogP contribution in [0.2, 0.25) is 5.02 Å². The van der Waals surface area contributed by atoms with Crippen LogP contribution < -0.4 is 9.47 Å². The molecular formula is C25H24ClN3O6S. The molecule has 0 saturated carbocycles. The van der Waals surface area contributed by atoms with E-state index in [1.165, 1.54) is 28.4 Å². The van der Waals surface area contributed by atoms with Crippen molar-refractivity contribution in [2.45, 2.75) is 33.0 Å². The zero-order valence-corrected chi connectivity index (χ0v) is 21.3. The van der Waals surface area contributed by atoms with E-state index >= 15 is 0 Å². The topological polar surface area (TPSA) is 102 Å². The minimum absolute atomic E-state index is 0.0606.